The molecule has 1 aromatic heterocycles. The first-order valence-electron chi connectivity index (χ1n) is 5.82. The number of hydrogen-bond donors (Lipinski definition) is 2. The summed E-state index contributed by atoms with van der Waals surface area (Å²) < 4.78 is 0.816. The minimum atomic E-state index is -0.403. The fraction of sp³-hybridized carbons (Fsp3) is 0.0714. The van der Waals surface area contributed by atoms with Crippen LogP contribution in [-0.2, 0) is 0 Å². The van der Waals surface area contributed by atoms with E-state index in [-0.39, 0.29) is 11.4 Å². The molecule has 0 unspecified atom stereocenters. The third-order valence-corrected chi connectivity index (χ3v) is 3.06. The highest BCUT2D eigenvalue weighted by atomic mass is 79.9. The lowest BCUT2D eigenvalue weighted by molar-refractivity contribution is 0.0950. The number of hydrazone groups is 1. The Hall–Kier alpha value is -2.21. The van der Waals surface area contributed by atoms with Gasteiger partial charge < -0.3 is 5.11 Å². The first kappa shape index (κ1) is 14.2. The lowest BCUT2D eigenvalue weighted by Gasteiger charge is -2.05. The van der Waals surface area contributed by atoms with Crippen LogP contribution in [0.2, 0.25) is 0 Å². The van der Waals surface area contributed by atoms with Gasteiger partial charge in [0.15, 0.2) is 0 Å². The van der Waals surface area contributed by atoms with Gasteiger partial charge >= 0.3 is 0 Å². The van der Waals surface area contributed by atoms with Gasteiger partial charge in [-0.3, -0.25) is 9.78 Å². The van der Waals surface area contributed by atoms with Crippen molar-refractivity contribution in [2.45, 2.75) is 6.92 Å². The molecule has 0 fully saturated rings. The van der Waals surface area contributed by atoms with Gasteiger partial charge in [-0.05, 0) is 37.3 Å². The third-order valence-electron chi connectivity index (χ3n) is 2.57. The molecular weight excluding hydrogens is 322 g/mol. The van der Waals surface area contributed by atoms with Gasteiger partial charge in [0.1, 0.15) is 11.4 Å². The summed E-state index contributed by atoms with van der Waals surface area (Å²) in [4.78, 5) is 15.7. The van der Waals surface area contributed by atoms with Crippen molar-refractivity contribution in [3.63, 3.8) is 0 Å². The summed E-state index contributed by atoms with van der Waals surface area (Å²) in [6.45, 7) is 1.69. The van der Waals surface area contributed by atoms with Crippen LogP contribution in [0.4, 0.5) is 0 Å². The molecule has 0 spiro atoms. The molecule has 5 nitrogen and oxygen atoms in total. The molecule has 0 aliphatic carbocycles. The zero-order valence-electron chi connectivity index (χ0n) is 10.7. The lowest BCUT2D eigenvalue weighted by atomic mass is 10.1. The Bertz CT molecular complexity index is 657. The van der Waals surface area contributed by atoms with Crippen LogP contribution in [0.5, 0.6) is 5.75 Å². The fourth-order valence-corrected chi connectivity index (χ4v) is 1.91. The van der Waals surface area contributed by atoms with E-state index in [1.165, 1.54) is 6.20 Å². The second kappa shape index (κ2) is 6.29. The average Bonchev–Trinajstić information content (AvgIpc) is 2.47. The molecule has 1 heterocycles. The van der Waals surface area contributed by atoms with E-state index in [1.807, 2.05) is 0 Å². The van der Waals surface area contributed by atoms with Crippen molar-refractivity contribution in [3.05, 3.63) is 58.3 Å². The molecule has 6 heteroatoms. The highest BCUT2D eigenvalue weighted by Crippen LogP contribution is 2.22. The van der Waals surface area contributed by atoms with E-state index in [1.54, 1.807) is 43.3 Å². The number of nitrogens with one attached hydrogen (secondary N) is 1. The number of carbonyl (C=O) groups is 1. The number of carbonyl (C=O) groups excluding carboxylic acids is 1. The van der Waals surface area contributed by atoms with E-state index in [4.69, 9.17) is 0 Å². The smallest absolute Gasteiger partial charge is 0.289 e. The van der Waals surface area contributed by atoms with Crippen LogP contribution in [0.3, 0.4) is 0 Å². The highest BCUT2D eigenvalue weighted by molar-refractivity contribution is 9.10. The number of pyridine rings is 1. The largest absolute Gasteiger partial charge is 0.507 e. The molecule has 2 rings (SSSR count). The SMILES string of the molecule is C/C(=N\NC(=O)c1ccccn1)c1cc(Br)ccc1O. The topological polar surface area (TPSA) is 74.6 Å². The molecule has 0 radical (unpaired) electrons. The molecule has 20 heavy (non-hydrogen) atoms. The Morgan fingerprint density at radius 1 is 1.35 bits per heavy atom. The second-order valence-corrected chi connectivity index (χ2v) is 4.93. The Kier molecular flexibility index (Phi) is 4.47. The van der Waals surface area contributed by atoms with Crippen LogP contribution in [-0.4, -0.2) is 21.7 Å². The van der Waals surface area contributed by atoms with Crippen molar-refractivity contribution in [2.75, 3.05) is 0 Å². The van der Waals surface area contributed by atoms with Gasteiger partial charge in [-0.25, -0.2) is 5.43 Å². The number of aromatic nitrogens is 1. The van der Waals surface area contributed by atoms with Crippen LogP contribution in [0, 0.1) is 0 Å². The predicted octanol–water partition coefficient (Wildman–Crippen LogP) is 2.70. The number of halogens is 1. The van der Waals surface area contributed by atoms with E-state index in [2.05, 4.69) is 31.4 Å². The summed E-state index contributed by atoms with van der Waals surface area (Å²) in [6.07, 6.45) is 1.53. The summed E-state index contributed by atoms with van der Waals surface area (Å²) >= 11 is 3.32. The average molecular weight is 334 g/mol. The Morgan fingerprint density at radius 3 is 2.85 bits per heavy atom. The van der Waals surface area contributed by atoms with Crippen molar-refractivity contribution in [1.29, 1.82) is 0 Å². The van der Waals surface area contributed by atoms with Crippen molar-refractivity contribution >= 4 is 27.5 Å². The second-order valence-electron chi connectivity index (χ2n) is 4.01. The Labute approximate surface area is 124 Å². The van der Waals surface area contributed by atoms with Crippen molar-refractivity contribution in [3.8, 4) is 5.75 Å². The quantitative estimate of drug-likeness (QED) is 0.669. The fourth-order valence-electron chi connectivity index (χ4n) is 1.55. The Morgan fingerprint density at radius 2 is 2.15 bits per heavy atom. The monoisotopic (exact) mass is 333 g/mol. The number of benzene rings is 1. The van der Waals surface area contributed by atoms with Gasteiger partial charge in [0.05, 0.1) is 5.71 Å². The molecule has 0 bridgehead atoms. The number of nitrogens with zero attached hydrogens (tertiary/aromatic N) is 2. The van der Waals surface area contributed by atoms with Crippen molar-refractivity contribution < 1.29 is 9.90 Å². The standard InChI is InChI=1S/C14H12BrN3O2/c1-9(11-8-10(15)5-6-13(11)19)17-18-14(20)12-4-2-3-7-16-12/h2-8,19H,1H3,(H,18,20)/b17-9+. The van der Waals surface area contributed by atoms with E-state index in [9.17, 15) is 9.90 Å². The van der Waals surface area contributed by atoms with Crippen LogP contribution < -0.4 is 5.43 Å². The first-order valence-corrected chi connectivity index (χ1v) is 6.62. The maximum Gasteiger partial charge on any atom is 0.289 e. The van der Waals surface area contributed by atoms with Crippen LogP contribution in [0.15, 0.2) is 52.2 Å². The summed E-state index contributed by atoms with van der Waals surface area (Å²) in [5.74, 6) is -0.305. The summed E-state index contributed by atoms with van der Waals surface area (Å²) in [7, 11) is 0. The molecule has 0 aliphatic heterocycles. The van der Waals surface area contributed by atoms with E-state index < -0.39 is 5.91 Å². The zero-order valence-corrected chi connectivity index (χ0v) is 12.3. The molecule has 2 aromatic rings. The van der Waals surface area contributed by atoms with Gasteiger partial charge in [-0.1, -0.05) is 22.0 Å². The van der Waals surface area contributed by atoms with Gasteiger partial charge in [0.2, 0.25) is 0 Å². The van der Waals surface area contributed by atoms with Gasteiger partial charge in [-0.2, -0.15) is 5.10 Å². The minimum Gasteiger partial charge on any atom is -0.507 e. The summed E-state index contributed by atoms with van der Waals surface area (Å²) in [6, 6.07) is 10.0. The number of phenolic OH excluding ortho intramolecular Hbond substituents is 1. The zero-order chi connectivity index (χ0) is 14.5. The number of phenols is 1. The number of aromatic hydroxyl groups is 1. The number of rotatable bonds is 3. The molecule has 0 saturated heterocycles. The van der Waals surface area contributed by atoms with Gasteiger partial charge in [0, 0.05) is 16.2 Å². The van der Waals surface area contributed by atoms with E-state index in [0.717, 1.165) is 4.47 Å². The maximum absolute atomic E-state index is 11.8. The molecule has 0 saturated carbocycles. The van der Waals surface area contributed by atoms with Gasteiger partial charge in [-0.15, -0.1) is 0 Å². The molecule has 0 atom stereocenters. The Balaban J connectivity index is 2.15. The van der Waals surface area contributed by atoms with E-state index >= 15 is 0 Å². The van der Waals surface area contributed by atoms with E-state index in [0.29, 0.717) is 11.3 Å². The molecular formula is C14H12BrN3O2. The normalized spacial score (nSPS) is 11.2. The predicted molar refractivity (Wildman–Crippen MR) is 79.7 cm³/mol. The number of hydrogen-bond acceptors (Lipinski definition) is 4. The highest BCUT2D eigenvalue weighted by Gasteiger charge is 2.08. The van der Waals surface area contributed by atoms with Crippen LogP contribution >= 0.6 is 15.9 Å². The van der Waals surface area contributed by atoms with Crippen LogP contribution in [0.25, 0.3) is 0 Å². The summed E-state index contributed by atoms with van der Waals surface area (Å²) in [5.41, 5.74) is 3.72. The van der Waals surface area contributed by atoms with Crippen molar-refractivity contribution in [2.24, 2.45) is 5.10 Å². The minimum absolute atomic E-state index is 0.0986. The van der Waals surface area contributed by atoms with Gasteiger partial charge in [0.25, 0.3) is 5.91 Å². The summed E-state index contributed by atoms with van der Waals surface area (Å²) in [5, 5.41) is 13.7. The third kappa shape index (κ3) is 3.42. The van der Waals surface area contributed by atoms with Crippen molar-refractivity contribution in [1.82, 2.24) is 10.4 Å². The molecule has 102 valence electrons. The number of amides is 1. The van der Waals surface area contributed by atoms with Crippen LogP contribution in [0.1, 0.15) is 23.0 Å². The molecule has 1 amide bonds. The first-order chi connectivity index (χ1) is 9.58. The molecule has 0 aliphatic rings. The molecule has 1 aromatic carbocycles. The maximum atomic E-state index is 11.8. The lowest BCUT2D eigenvalue weighted by Crippen LogP contribution is -2.20. The molecule has 2 N–H and O–H groups in total.